The summed E-state index contributed by atoms with van der Waals surface area (Å²) in [6.07, 6.45) is 1.66. The van der Waals surface area contributed by atoms with Crippen LogP contribution in [0, 0.1) is 0 Å². The van der Waals surface area contributed by atoms with Crippen molar-refractivity contribution >= 4 is 28.3 Å². The van der Waals surface area contributed by atoms with Crippen LogP contribution in [-0.4, -0.2) is 48.4 Å². The van der Waals surface area contributed by atoms with Crippen LogP contribution >= 0.6 is 0 Å². The average molecular weight is 363 g/mol. The van der Waals surface area contributed by atoms with Gasteiger partial charge in [-0.25, -0.2) is 0 Å². The number of nitrogens with zero attached hydrogens (tertiary/aromatic N) is 2. The van der Waals surface area contributed by atoms with Crippen molar-refractivity contribution in [2.24, 2.45) is 0 Å². The molecule has 0 fully saturated rings. The number of pyridine rings is 1. The Hall–Kier alpha value is -1.22. The molecule has 1 aromatic carbocycles. The summed E-state index contributed by atoms with van der Waals surface area (Å²) in [6.45, 7) is 1.29. The topological polar surface area (TPSA) is 76.9 Å². The van der Waals surface area contributed by atoms with Crippen LogP contribution in [0.5, 0.6) is 0 Å². The summed E-state index contributed by atoms with van der Waals surface area (Å²) in [7, 11) is 3.87. The van der Waals surface area contributed by atoms with Gasteiger partial charge in [0.1, 0.15) is 0 Å². The fourth-order valence-corrected chi connectivity index (χ4v) is 2.78. The number of fused-ring (bicyclic) bond motifs is 3. The Morgan fingerprint density at radius 3 is 2.52 bits per heavy atom. The van der Waals surface area contributed by atoms with Gasteiger partial charge in [-0.3, -0.25) is 4.79 Å². The smallest absolute Gasteiger partial charge is 0.545 e. The summed E-state index contributed by atoms with van der Waals surface area (Å²) in [5, 5.41) is 15.0. The minimum atomic E-state index is -1.23. The number of benzene rings is 1. The molecule has 3 aromatic rings. The van der Waals surface area contributed by atoms with Crippen molar-refractivity contribution in [3.63, 3.8) is 0 Å². The first-order valence-corrected chi connectivity index (χ1v) is 7.66. The van der Waals surface area contributed by atoms with Crippen LogP contribution in [0.4, 0.5) is 0 Å². The Balaban J connectivity index is 0.00000225. The van der Waals surface area contributed by atoms with Gasteiger partial charge >= 0.3 is 51.4 Å². The number of para-hydroxylation sites is 1. The van der Waals surface area contributed by atoms with E-state index in [1.807, 2.05) is 31.1 Å². The number of aromatic nitrogens is 1. The van der Waals surface area contributed by atoms with Gasteiger partial charge in [0.15, 0.2) is 0 Å². The molecule has 0 aliphatic heterocycles. The molecule has 3 rings (SSSR count). The molecule has 25 heavy (non-hydrogen) atoms. The molecule has 0 aliphatic rings. The third-order valence-electron chi connectivity index (χ3n) is 3.95. The minimum Gasteiger partial charge on any atom is -0.545 e. The molecule has 0 saturated carbocycles. The molecule has 0 radical (unpaired) electrons. The number of likely N-dealkylation sites (N-methyl/N-ethyl adjacent to an activating group) is 1. The SMILES string of the molecule is CN(C)CCNC(=O)c1ccc2c(C(=O)[O-])c3ccccc3n2c1.[K+]. The van der Waals surface area contributed by atoms with Gasteiger partial charge in [-0.15, -0.1) is 0 Å². The summed E-state index contributed by atoms with van der Waals surface area (Å²) in [5.74, 6) is -1.41. The summed E-state index contributed by atoms with van der Waals surface area (Å²) >= 11 is 0. The maximum absolute atomic E-state index is 12.3. The standard InChI is InChI=1S/C18H19N3O3.K/c1-20(2)10-9-19-17(22)12-7-8-15-16(18(23)24)13-5-3-4-6-14(13)21(15)11-12;/h3-8,11H,9-10H2,1-2H3,(H,19,22)(H,23,24);/q;+1/p-1. The Bertz CT molecular complexity index is 934. The van der Waals surface area contributed by atoms with Gasteiger partial charge in [-0.1, -0.05) is 18.2 Å². The van der Waals surface area contributed by atoms with E-state index >= 15 is 0 Å². The van der Waals surface area contributed by atoms with Gasteiger partial charge in [-0.05, 0) is 32.3 Å². The number of carbonyl (C=O) groups excluding carboxylic acids is 2. The van der Waals surface area contributed by atoms with E-state index in [0.717, 1.165) is 12.1 Å². The Morgan fingerprint density at radius 1 is 1.12 bits per heavy atom. The van der Waals surface area contributed by atoms with E-state index in [1.165, 1.54) is 0 Å². The Labute approximate surface area is 188 Å². The number of amides is 1. The molecule has 1 N–H and O–H groups in total. The molecule has 0 atom stereocenters. The Morgan fingerprint density at radius 2 is 1.84 bits per heavy atom. The van der Waals surface area contributed by atoms with Crippen LogP contribution in [0.3, 0.4) is 0 Å². The molecule has 124 valence electrons. The van der Waals surface area contributed by atoms with E-state index in [-0.39, 0.29) is 62.9 Å². The molecular formula is C18H18KN3O3. The number of hydrogen-bond acceptors (Lipinski definition) is 4. The molecule has 0 saturated heterocycles. The number of nitrogens with one attached hydrogen (secondary N) is 1. The Kier molecular flexibility index (Phi) is 6.78. The summed E-state index contributed by atoms with van der Waals surface area (Å²) in [6, 6.07) is 10.4. The van der Waals surface area contributed by atoms with E-state index < -0.39 is 5.97 Å². The first-order chi connectivity index (χ1) is 11.5. The van der Waals surface area contributed by atoms with Crippen molar-refractivity contribution in [2.45, 2.75) is 0 Å². The zero-order chi connectivity index (χ0) is 17.3. The minimum absolute atomic E-state index is 0. The molecule has 0 unspecified atom stereocenters. The van der Waals surface area contributed by atoms with Gasteiger partial charge in [0.25, 0.3) is 5.91 Å². The second-order valence-electron chi connectivity index (χ2n) is 5.91. The third kappa shape index (κ3) is 4.13. The van der Waals surface area contributed by atoms with Crippen LogP contribution in [0.2, 0.25) is 0 Å². The third-order valence-corrected chi connectivity index (χ3v) is 3.95. The fraction of sp³-hybridized carbons (Fsp3) is 0.222. The molecule has 0 spiro atoms. The molecule has 0 bridgehead atoms. The molecule has 2 heterocycles. The monoisotopic (exact) mass is 363 g/mol. The van der Waals surface area contributed by atoms with E-state index in [1.54, 1.807) is 34.9 Å². The molecule has 2 aromatic heterocycles. The zero-order valence-electron chi connectivity index (χ0n) is 14.6. The number of carboxylic acids is 1. The second kappa shape index (κ2) is 8.44. The summed E-state index contributed by atoms with van der Waals surface area (Å²) in [4.78, 5) is 25.8. The number of carboxylic acid groups (broad SMARTS) is 1. The normalized spacial score (nSPS) is 10.8. The fourth-order valence-electron chi connectivity index (χ4n) is 2.78. The van der Waals surface area contributed by atoms with E-state index in [0.29, 0.717) is 23.0 Å². The summed E-state index contributed by atoms with van der Waals surface area (Å²) in [5.41, 5.74) is 1.87. The predicted octanol–water partition coefficient (Wildman–Crippen LogP) is -2.25. The van der Waals surface area contributed by atoms with E-state index in [4.69, 9.17) is 0 Å². The van der Waals surface area contributed by atoms with E-state index in [2.05, 4.69) is 5.32 Å². The van der Waals surface area contributed by atoms with Crippen molar-refractivity contribution in [1.29, 1.82) is 0 Å². The van der Waals surface area contributed by atoms with Gasteiger partial charge in [0.2, 0.25) is 0 Å². The van der Waals surface area contributed by atoms with Crippen molar-refractivity contribution in [1.82, 2.24) is 14.6 Å². The van der Waals surface area contributed by atoms with Gasteiger partial charge < -0.3 is 24.5 Å². The van der Waals surface area contributed by atoms with E-state index in [9.17, 15) is 14.7 Å². The number of carbonyl (C=O) groups is 2. The van der Waals surface area contributed by atoms with Crippen LogP contribution in [0.15, 0.2) is 42.6 Å². The van der Waals surface area contributed by atoms with Crippen LogP contribution in [0.25, 0.3) is 16.4 Å². The van der Waals surface area contributed by atoms with Crippen molar-refractivity contribution < 1.29 is 66.1 Å². The van der Waals surface area contributed by atoms with Crippen molar-refractivity contribution in [3.05, 3.63) is 53.7 Å². The summed E-state index contributed by atoms with van der Waals surface area (Å²) < 4.78 is 1.72. The average Bonchev–Trinajstić information content (AvgIpc) is 2.88. The first kappa shape index (κ1) is 20.1. The van der Waals surface area contributed by atoms with Crippen molar-refractivity contribution in [2.75, 3.05) is 27.2 Å². The molecular weight excluding hydrogens is 345 g/mol. The van der Waals surface area contributed by atoms with Gasteiger partial charge in [0.05, 0.1) is 22.6 Å². The predicted molar refractivity (Wildman–Crippen MR) is 90.1 cm³/mol. The molecule has 6 nitrogen and oxygen atoms in total. The van der Waals surface area contributed by atoms with Crippen molar-refractivity contribution in [3.8, 4) is 0 Å². The zero-order valence-corrected chi connectivity index (χ0v) is 17.7. The maximum atomic E-state index is 12.3. The second-order valence-corrected chi connectivity index (χ2v) is 5.91. The quantitative estimate of drug-likeness (QED) is 0.520. The van der Waals surface area contributed by atoms with Crippen LogP contribution < -0.4 is 61.8 Å². The van der Waals surface area contributed by atoms with Crippen LogP contribution in [-0.2, 0) is 0 Å². The molecule has 7 heteroatoms. The molecule has 1 amide bonds. The number of rotatable bonds is 5. The largest absolute Gasteiger partial charge is 1.00 e. The maximum Gasteiger partial charge on any atom is 1.00 e. The number of hydrogen-bond donors (Lipinski definition) is 1. The van der Waals surface area contributed by atoms with Crippen LogP contribution in [0.1, 0.15) is 20.7 Å². The van der Waals surface area contributed by atoms with Gasteiger partial charge in [-0.2, -0.15) is 0 Å². The molecule has 0 aliphatic carbocycles. The number of aromatic carboxylic acids is 1. The van der Waals surface area contributed by atoms with Gasteiger partial charge in [0, 0.05) is 30.2 Å². The first-order valence-electron chi connectivity index (χ1n) is 7.66.